The summed E-state index contributed by atoms with van der Waals surface area (Å²) in [4.78, 5) is 19.1. The van der Waals surface area contributed by atoms with Crippen molar-refractivity contribution >= 4 is 43.6 Å². The minimum Gasteiger partial charge on any atom is -0.341 e. The van der Waals surface area contributed by atoms with Crippen LogP contribution in [0, 0.1) is 0 Å². The fourth-order valence-corrected chi connectivity index (χ4v) is 5.37. The van der Waals surface area contributed by atoms with Crippen molar-refractivity contribution < 1.29 is 13.2 Å². The van der Waals surface area contributed by atoms with Crippen LogP contribution in [-0.2, 0) is 14.8 Å². The Bertz CT molecular complexity index is 1120. The maximum atomic E-state index is 12.6. The molecule has 1 N–H and O–H groups in total. The zero-order chi connectivity index (χ0) is 21.0. The van der Waals surface area contributed by atoms with Gasteiger partial charge in [-0.15, -0.1) is 11.3 Å². The zero-order valence-electron chi connectivity index (χ0n) is 16.4. The summed E-state index contributed by atoms with van der Waals surface area (Å²) < 4.78 is 27.9. The van der Waals surface area contributed by atoms with E-state index in [0.717, 1.165) is 39.0 Å². The van der Waals surface area contributed by atoms with Gasteiger partial charge in [0.25, 0.3) is 0 Å². The number of sulfonamides is 1. The highest BCUT2D eigenvalue weighted by atomic mass is 32.2. The van der Waals surface area contributed by atoms with Crippen LogP contribution < -0.4 is 4.72 Å². The van der Waals surface area contributed by atoms with E-state index in [2.05, 4.69) is 10.8 Å². The van der Waals surface area contributed by atoms with Crippen LogP contribution in [0.2, 0.25) is 0 Å². The van der Waals surface area contributed by atoms with Crippen molar-refractivity contribution in [1.82, 2.24) is 14.6 Å². The molecular weight excluding hydrogens is 418 g/mol. The molecule has 1 unspecified atom stereocenters. The Morgan fingerprint density at radius 1 is 1.17 bits per heavy atom. The monoisotopic (exact) mass is 441 g/mol. The lowest BCUT2D eigenvalue weighted by Gasteiger charge is -2.31. The van der Waals surface area contributed by atoms with Gasteiger partial charge >= 0.3 is 0 Å². The molecule has 0 saturated carbocycles. The van der Waals surface area contributed by atoms with E-state index in [1.807, 2.05) is 48.5 Å². The second-order valence-corrected chi connectivity index (χ2v) is 9.99. The van der Waals surface area contributed by atoms with E-state index in [0.29, 0.717) is 13.1 Å². The standard InChI is InChI=1S/C22H23N3O3S2/c26-21(15-23-30(27,28)14-12-17-7-2-1-3-8-17)25-13-6-9-18(16-25)22-24-19-10-4-5-11-20(19)29-22/h1-5,7-8,10-12,14,18,23H,6,9,13,15-16H2/b14-12+. The van der Waals surface area contributed by atoms with Crippen LogP contribution in [0.1, 0.15) is 29.3 Å². The molecule has 1 aromatic heterocycles. The molecule has 156 valence electrons. The molecule has 0 radical (unpaired) electrons. The molecule has 1 aliphatic rings. The summed E-state index contributed by atoms with van der Waals surface area (Å²) in [5.41, 5.74) is 1.77. The number of likely N-dealkylation sites (tertiary alicyclic amines) is 1. The van der Waals surface area contributed by atoms with Crippen molar-refractivity contribution in [3.63, 3.8) is 0 Å². The van der Waals surface area contributed by atoms with Gasteiger partial charge in [0.2, 0.25) is 15.9 Å². The van der Waals surface area contributed by atoms with Crippen LogP contribution >= 0.6 is 11.3 Å². The number of nitrogens with one attached hydrogen (secondary N) is 1. The quantitative estimate of drug-likeness (QED) is 0.634. The van der Waals surface area contributed by atoms with Crippen LogP contribution in [0.25, 0.3) is 16.3 Å². The van der Waals surface area contributed by atoms with Crippen LogP contribution in [0.3, 0.4) is 0 Å². The number of benzene rings is 2. The van der Waals surface area contributed by atoms with Gasteiger partial charge in [0.15, 0.2) is 0 Å². The third kappa shape index (κ3) is 5.13. The lowest BCUT2D eigenvalue weighted by molar-refractivity contribution is -0.131. The number of para-hydroxylation sites is 1. The second kappa shape index (κ2) is 9.07. The predicted molar refractivity (Wildman–Crippen MR) is 121 cm³/mol. The number of nitrogens with zero attached hydrogens (tertiary/aromatic N) is 2. The molecule has 0 spiro atoms. The molecule has 3 aromatic rings. The summed E-state index contributed by atoms with van der Waals surface area (Å²) in [5, 5.41) is 2.13. The zero-order valence-corrected chi connectivity index (χ0v) is 18.0. The summed E-state index contributed by atoms with van der Waals surface area (Å²) in [5.74, 6) is -0.0211. The maximum Gasteiger partial charge on any atom is 0.237 e. The van der Waals surface area contributed by atoms with E-state index in [1.165, 1.54) is 6.08 Å². The number of carbonyl (C=O) groups excluding carboxylic acids is 1. The van der Waals surface area contributed by atoms with Gasteiger partial charge in [0.1, 0.15) is 0 Å². The van der Waals surface area contributed by atoms with Gasteiger partial charge in [0.05, 0.1) is 21.8 Å². The minimum absolute atomic E-state index is 0.190. The minimum atomic E-state index is -3.68. The predicted octanol–water partition coefficient (Wildman–Crippen LogP) is 3.59. The molecule has 2 heterocycles. The molecule has 1 amide bonds. The van der Waals surface area contributed by atoms with Crippen molar-refractivity contribution in [2.75, 3.05) is 19.6 Å². The van der Waals surface area contributed by atoms with Crippen molar-refractivity contribution in [3.8, 4) is 0 Å². The molecule has 6 nitrogen and oxygen atoms in total. The number of rotatable bonds is 6. The Morgan fingerprint density at radius 3 is 2.73 bits per heavy atom. The number of amides is 1. The molecule has 0 aliphatic carbocycles. The summed E-state index contributed by atoms with van der Waals surface area (Å²) >= 11 is 1.67. The molecular formula is C22H23N3O3S2. The first-order valence-electron chi connectivity index (χ1n) is 9.86. The first-order chi connectivity index (χ1) is 14.5. The molecule has 4 rings (SSSR count). The highest BCUT2D eigenvalue weighted by molar-refractivity contribution is 7.92. The van der Waals surface area contributed by atoms with E-state index in [9.17, 15) is 13.2 Å². The Kier molecular flexibility index (Phi) is 6.26. The third-order valence-electron chi connectivity index (χ3n) is 5.10. The van der Waals surface area contributed by atoms with Gasteiger partial charge in [-0.25, -0.2) is 18.1 Å². The van der Waals surface area contributed by atoms with Crippen LogP contribution in [-0.4, -0.2) is 43.8 Å². The van der Waals surface area contributed by atoms with E-state index < -0.39 is 10.0 Å². The number of carbonyl (C=O) groups is 1. The van der Waals surface area contributed by atoms with Crippen molar-refractivity contribution in [1.29, 1.82) is 0 Å². The van der Waals surface area contributed by atoms with Crippen LogP contribution in [0.5, 0.6) is 0 Å². The van der Waals surface area contributed by atoms with Gasteiger partial charge in [0, 0.05) is 24.4 Å². The number of thiazole rings is 1. The van der Waals surface area contributed by atoms with E-state index in [4.69, 9.17) is 4.98 Å². The average Bonchev–Trinajstić information content (AvgIpc) is 3.21. The first kappa shape index (κ1) is 20.7. The lowest BCUT2D eigenvalue weighted by Crippen LogP contribution is -2.44. The molecule has 1 aliphatic heterocycles. The van der Waals surface area contributed by atoms with Crippen LogP contribution in [0.15, 0.2) is 60.0 Å². The number of hydrogen-bond donors (Lipinski definition) is 1. The Labute approximate surface area is 180 Å². The fourth-order valence-electron chi connectivity index (χ4n) is 3.52. The van der Waals surface area contributed by atoms with Crippen LogP contribution in [0.4, 0.5) is 0 Å². The van der Waals surface area contributed by atoms with E-state index in [-0.39, 0.29) is 18.4 Å². The Balaban J connectivity index is 1.35. The number of piperidine rings is 1. The SMILES string of the molecule is O=C(CNS(=O)(=O)/C=C/c1ccccc1)N1CCCC(c2nc3ccccc3s2)C1. The topological polar surface area (TPSA) is 79.4 Å². The Morgan fingerprint density at radius 2 is 1.93 bits per heavy atom. The smallest absolute Gasteiger partial charge is 0.237 e. The molecule has 30 heavy (non-hydrogen) atoms. The highest BCUT2D eigenvalue weighted by Crippen LogP contribution is 2.32. The number of fused-ring (bicyclic) bond motifs is 1. The lowest BCUT2D eigenvalue weighted by atomic mass is 9.98. The molecule has 1 fully saturated rings. The molecule has 1 saturated heterocycles. The van der Waals surface area contributed by atoms with Gasteiger partial charge in [-0.3, -0.25) is 4.79 Å². The second-order valence-electron chi connectivity index (χ2n) is 7.28. The summed E-state index contributed by atoms with van der Waals surface area (Å²) in [6.45, 7) is 0.968. The average molecular weight is 442 g/mol. The maximum absolute atomic E-state index is 12.6. The molecule has 2 aromatic carbocycles. The van der Waals surface area contributed by atoms with Crippen molar-refractivity contribution in [2.45, 2.75) is 18.8 Å². The van der Waals surface area contributed by atoms with Crippen molar-refractivity contribution in [3.05, 3.63) is 70.6 Å². The summed E-state index contributed by atoms with van der Waals surface area (Å²) in [6, 6.07) is 17.2. The highest BCUT2D eigenvalue weighted by Gasteiger charge is 2.27. The molecule has 1 atom stereocenters. The first-order valence-corrected chi connectivity index (χ1v) is 12.2. The Hall–Kier alpha value is -2.55. The van der Waals surface area contributed by atoms with Gasteiger partial charge in [-0.1, -0.05) is 42.5 Å². The third-order valence-corrected chi connectivity index (χ3v) is 7.34. The van der Waals surface area contributed by atoms with Gasteiger partial charge in [-0.2, -0.15) is 0 Å². The van der Waals surface area contributed by atoms with Gasteiger partial charge < -0.3 is 4.90 Å². The van der Waals surface area contributed by atoms with E-state index in [1.54, 1.807) is 16.2 Å². The van der Waals surface area contributed by atoms with E-state index >= 15 is 0 Å². The number of aromatic nitrogens is 1. The normalized spacial score (nSPS) is 17.6. The fraction of sp³-hybridized carbons (Fsp3) is 0.273. The van der Waals surface area contributed by atoms with Gasteiger partial charge in [-0.05, 0) is 36.6 Å². The van der Waals surface area contributed by atoms with Crippen molar-refractivity contribution in [2.24, 2.45) is 0 Å². The summed E-state index contributed by atoms with van der Waals surface area (Å²) in [7, 11) is -3.68. The number of hydrogen-bond acceptors (Lipinski definition) is 5. The summed E-state index contributed by atoms with van der Waals surface area (Å²) in [6.07, 6.45) is 3.37. The molecule has 0 bridgehead atoms. The largest absolute Gasteiger partial charge is 0.341 e. The molecule has 8 heteroatoms.